The quantitative estimate of drug-likeness (QED) is 0.615. The van der Waals surface area contributed by atoms with Gasteiger partial charge < -0.3 is 9.80 Å². The number of anilines is 2. The summed E-state index contributed by atoms with van der Waals surface area (Å²) < 4.78 is 0. The van der Waals surface area contributed by atoms with Crippen LogP contribution in [0.2, 0.25) is 0 Å². The maximum Gasteiger partial charge on any atom is 0.129 e. The van der Waals surface area contributed by atoms with Crippen LogP contribution in [0.1, 0.15) is 28.4 Å². The van der Waals surface area contributed by atoms with Crippen LogP contribution in [0.5, 0.6) is 0 Å². The van der Waals surface area contributed by atoms with E-state index in [9.17, 15) is 0 Å². The van der Waals surface area contributed by atoms with E-state index in [1.54, 1.807) is 0 Å². The summed E-state index contributed by atoms with van der Waals surface area (Å²) in [4.78, 5) is 5.14. The van der Waals surface area contributed by atoms with Crippen molar-refractivity contribution in [2.45, 2.75) is 26.1 Å². The first-order valence-electron chi connectivity index (χ1n) is 9.07. The summed E-state index contributed by atoms with van der Waals surface area (Å²) in [6.45, 7) is 4.17. The molecule has 0 N–H and O–H groups in total. The van der Waals surface area contributed by atoms with Crippen molar-refractivity contribution in [2.75, 3.05) is 16.3 Å². The van der Waals surface area contributed by atoms with Crippen molar-refractivity contribution in [1.29, 1.82) is 0 Å². The van der Waals surface area contributed by atoms with Gasteiger partial charge in [0, 0.05) is 24.5 Å². The number of hydrogen-bond acceptors (Lipinski definition) is 2. The van der Waals surface area contributed by atoms with Gasteiger partial charge in [-0.25, -0.2) is 0 Å². The number of fused-ring (bicyclic) bond motifs is 5. The Labute approximate surface area is 149 Å². The maximum atomic E-state index is 2.58. The number of nitrogens with zero attached hydrogens (tertiary/aromatic N) is 2. The molecule has 0 radical (unpaired) electrons. The van der Waals surface area contributed by atoms with Crippen molar-refractivity contribution in [3.8, 4) is 0 Å². The molecule has 5 rings (SSSR count). The third-order valence-corrected chi connectivity index (χ3v) is 5.55. The van der Waals surface area contributed by atoms with E-state index < -0.39 is 0 Å². The van der Waals surface area contributed by atoms with E-state index in [2.05, 4.69) is 89.5 Å². The molecule has 0 amide bonds. The van der Waals surface area contributed by atoms with Crippen LogP contribution in [0.25, 0.3) is 0 Å². The molecular formula is C23H22N2. The van der Waals surface area contributed by atoms with Crippen LogP contribution in [0.15, 0.2) is 72.8 Å². The van der Waals surface area contributed by atoms with Gasteiger partial charge in [0.25, 0.3) is 0 Å². The third-order valence-electron chi connectivity index (χ3n) is 5.55. The Hall–Kier alpha value is -2.74. The summed E-state index contributed by atoms with van der Waals surface area (Å²) >= 11 is 0. The molecule has 2 heteroatoms. The maximum absolute atomic E-state index is 2.58. The second-order valence-corrected chi connectivity index (χ2v) is 7.11. The molecule has 2 heterocycles. The van der Waals surface area contributed by atoms with Crippen LogP contribution >= 0.6 is 0 Å². The Kier molecular flexibility index (Phi) is 3.30. The highest BCUT2D eigenvalue weighted by Crippen LogP contribution is 2.44. The smallest absolute Gasteiger partial charge is 0.129 e. The molecule has 2 aliphatic heterocycles. The van der Waals surface area contributed by atoms with Crippen molar-refractivity contribution >= 4 is 11.4 Å². The van der Waals surface area contributed by atoms with E-state index in [0.29, 0.717) is 0 Å². The summed E-state index contributed by atoms with van der Waals surface area (Å²) in [5, 5.41) is 0. The van der Waals surface area contributed by atoms with Crippen LogP contribution in [0.4, 0.5) is 11.4 Å². The van der Waals surface area contributed by atoms with E-state index in [-0.39, 0.29) is 6.17 Å². The van der Waals surface area contributed by atoms with Gasteiger partial charge in [-0.2, -0.15) is 0 Å². The normalized spacial score (nSPS) is 18.4. The average Bonchev–Trinajstić information content (AvgIpc) is 2.67. The molecule has 0 aliphatic carbocycles. The SMILES string of the molecule is Cc1ccc(N2Cc3ccccc3N3CCc4ccccc4C23)cc1. The van der Waals surface area contributed by atoms with Gasteiger partial charge in [0.15, 0.2) is 0 Å². The third kappa shape index (κ3) is 2.32. The zero-order valence-corrected chi connectivity index (χ0v) is 14.5. The molecule has 1 atom stereocenters. The van der Waals surface area contributed by atoms with Crippen LogP contribution in [-0.2, 0) is 13.0 Å². The Morgan fingerprint density at radius 1 is 0.760 bits per heavy atom. The number of para-hydroxylation sites is 1. The number of benzene rings is 3. The average molecular weight is 326 g/mol. The molecule has 0 saturated heterocycles. The van der Waals surface area contributed by atoms with Crippen molar-refractivity contribution in [2.24, 2.45) is 0 Å². The van der Waals surface area contributed by atoms with Crippen molar-refractivity contribution in [3.63, 3.8) is 0 Å². The Bertz CT molecular complexity index is 913. The summed E-state index contributed by atoms with van der Waals surface area (Å²) in [5.41, 5.74) is 8.35. The second-order valence-electron chi connectivity index (χ2n) is 7.11. The van der Waals surface area contributed by atoms with Gasteiger partial charge in [-0.05, 0) is 48.2 Å². The highest BCUT2D eigenvalue weighted by molar-refractivity contribution is 5.66. The molecule has 1 unspecified atom stereocenters. The largest absolute Gasteiger partial charge is 0.347 e. The van der Waals surface area contributed by atoms with Gasteiger partial charge in [0.1, 0.15) is 6.17 Å². The van der Waals surface area contributed by atoms with Crippen molar-refractivity contribution in [3.05, 3.63) is 95.1 Å². The molecule has 2 nitrogen and oxygen atoms in total. The fraction of sp³-hybridized carbons (Fsp3) is 0.217. The molecule has 124 valence electrons. The lowest BCUT2D eigenvalue weighted by molar-refractivity contribution is 0.520. The first-order valence-corrected chi connectivity index (χ1v) is 9.07. The van der Waals surface area contributed by atoms with E-state index in [1.165, 1.54) is 33.6 Å². The van der Waals surface area contributed by atoms with Gasteiger partial charge in [0.2, 0.25) is 0 Å². The predicted molar refractivity (Wildman–Crippen MR) is 104 cm³/mol. The molecule has 0 spiro atoms. The monoisotopic (exact) mass is 326 g/mol. The molecule has 3 aromatic rings. The first kappa shape index (κ1) is 14.6. The summed E-state index contributed by atoms with van der Waals surface area (Å²) in [7, 11) is 0. The lowest BCUT2D eigenvalue weighted by Crippen LogP contribution is -2.49. The lowest BCUT2D eigenvalue weighted by atomic mass is 9.92. The molecule has 25 heavy (non-hydrogen) atoms. The molecule has 0 bridgehead atoms. The van der Waals surface area contributed by atoms with Gasteiger partial charge in [-0.3, -0.25) is 0 Å². The minimum absolute atomic E-state index is 0.280. The Morgan fingerprint density at radius 2 is 1.48 bits per heavy atom. The Balaban J connectivity index is 1.69. The lowest BCUT2D eigenvalue weighted by Gasteiger charge is -2.50. The molecule has 3 aromatic carbocycles. The summed E-state index contributed by atoms with van der Waals surface area (Å²) in [6.07, 6.45) is 1.39. The zero-order valence-electron chi connectivity index (χ0n) is 14.5. The van der Waals surface area contributed by atoms with Gasteiger partial charge in [-0.1, -0.05) is 60.2 Å². The minimum atomic E-state index is 0.280. The number of rotatable bonds is 1. The Morgan fingerprint density at radius 3 is 2.32 bits per heavy atom. The standard InChI is InChI=1S/C23H22N2/c1-17-10-12-20(13-11-17)25-16-19-7-3-5-9-22(19)24-15-14-18-6-2-4-8-21(18)23(24)25/h2-13,23H,14-16H2,1H3. The van der Waals surface area contributed by atoms with Crippen molar-refractivity contribution < 1.29 is 0 Å². The summed E-state index contributed by atoms with van der Waals surface area (Å²) in [5.74, 6) is 0. The highest BCUT2D eigenvalue weighted by Gasteiger charge is 2.36. The second kappa shape index (κ2) is 5.66. The number of aryl methyl sites for hydroxylation is 1. The van der Waals surface area contributed by atoms with E-state index in [1.807, 2.05) is 0 Å². The fourth-order valence-electron chi connectivity index (χ4n) is 4.30. The van der Waals surface area contributed by atoms with Crippen LogP contribution < -0.4 is 9.80 Å². The number of hydrogen-bond donors (Lipinski definition) is 0. The highest BCUT2D eigenvalue weighted by atomic mass is 15.4. The van der Waals surface area contributed by atoms with Crippen LogP contribution in [0, 0.1) is 6.92 Å². The van der Waals surface area contributed by atoms with Crippen LogP contribution in [0.3, 0.4) is 0 Å². The topological polar surface area (TPSA) is 6.48 Å². The van der Waals surface area contributed by atoms with E-state index >= 15 is 0 Å². The van der Waals surface area contributed by atoms with Gasteiger partial charge in [-0.15, -0.1) is 0 Å². The van der Waals surface area contributed by atoms with Gasteiger partial charge in [0.05, 0.1) is 0 Å². The molecule has 0 aromatic heterocycles. The fourth-order valence-corrected chi connectivity index (χ4v) is 4.30. The zero-order chi connectivity index (χ0) is 16.8. The molecule has 2 aliphatic rings. The van der Waals surface area contributed by atoms with E-state index in [0.717, 1.165) is 19.5 Å². The molecule has 0 fully saturated rings. The van der Waals surface area contributed by atoms with Crippen LogP contribution in [-0.4, -0.2) is 6.54 Å². The predicted octanol–water partition coefficient (Wildman–Crippen LogP) is 5.08. The first-order chi connectivity index (χ1) is 12.3. The summed E-state index contributed by atoms with van der Waals surface area (Å²) in [6, 6.07) is 26.8. The molecular weight excluding hydrogens is 304 g/mol. The van der Waals surface area contributed by atoms with Gasteiger partial charge >= 0.3 is 0 Å². The minimum Gasteiger partial charge on any atom is -0.347 e. The van der Waals surface area contributed by atoms with E-state index in [4.69, 9.17) is 0 Å². The molecule has 0 saturated carbocycles. The van der Waals surface area contributed by atoms with Crippen molar-refractivity contribution in [1.82, 2.24) is 0 Å².